The van der Waals surface area contributed by atoms with Crippen LogP contribution < -0.4 is 10.2 Å². The number of amides is 1. The normalized spacial score (nSPS) is 10.7. The van der Waals surface area contributed by atoms with Crippen LogP contribution >= 0.6 is 0 Å². The van der Waals surface area contributed by atoms with Crippen molar-refractivity contribution in [2.45, 2.75) is 26.2 Å². The summed E-state index contributed by atoms with van der Waals surface area (Å²) in [6.07, 6.45) is 4.77. The molecule has 2 rings (SSSR count). The number of nitrogens with zero attached hydrogens (tertiary/aromatic N) is 1. The molecule has 0 aliphatic heterocycles. The lowest BCUT2D eigenvalue weighted by Crippen LogP contribution is -2.24. The molecule has 2 N–H and O–H groups in total. The number of phenolic OH excluding ortho intramolecular Hbond substituents is 1. The van der Waals surface area contributed by atoms with Gasteiger partial charge in [-0.05, 0) is 42.7 Å². The molecule has 0 aliphatic rings. The molecule has 0 bridgehead atoms. The van der Waals surface area contributed by atoms with E-state index in [9.17, 15) is 9.90 Å². The average molecular weight is 326 g/mol. The number of ether oxygens (including phenoxy) is 1. The molecule has 0 aromatic heterocycles. The Kier molecular flexibility index (Phi) is 6.83. The van der Waals surface area contributed by atoms with Crippen molar-refractivity contribution in [1.82, 2.24) is 5.43 Å². The fourth-order valence-electron chi connectivity index (χ4n) is 2.08. The highest BCUT2D eigenvalue weighted by atomic mass is 16.5. The Morgan fingerprint density at radius 1 is 1.21 bits per heavy atom. The second-order valence-corrected chi connectivity index (χ2v) is 5.39. The zero-order valence-electron chi connectivity index (χ0n) is 13.7. The van der Waals surface area contributed by atoms with Crippen LogP contribution in [0.15, 0.2) is 53.6 Å². The van der Waals surface area contributed by atoms with Crippen molar-refractivity contribution < 1.29 is 14.6 Å². The van der Waals surface area contributed by atoms with E-state index < -0.39 is 0 Å². The smallest absolute Gasteiger partial charge is 0.277 e. The van der Waals surface area contributed by atoms with Gasteiger partial charge >= 0.3 is 0 Å². The Bertz CT molecular complexity index is 681. The second kappa shape index (κ2) is 9.35. The minimum absolute atomic E-state index is 0.106. The van der Waals surface area contributed by atoms with Crippen molar-refractivity contribution >= 4 is 12.1 Å². The van der Waals surface area contributed by atoms with E-state index in [2.05, 4.69) is 17.5 Å². The molecule has 0 unspecified atom stereocenters. The molecule has 0 aliphatic carbocycles. The highest BCUT2D eigenvalue weighted by Crippen LogP contribution is 2.14. The summed E-state index contributed by atoms with van der Waals surface area (Å²) in [5, 5.41) is 13.4. The van der Waals surface area contributed by atoms with Crippen LogP contribution in [0.5, 0.6) is 11.5 Å². The SMILES string of the molecule is CCCCc1ccc(OCC(=O)NN=Cc2ccccc2O)cc1. The van der Waals surface area contributed by atoms with Crippen LogP contribution in [0.25, 0.3) is 0 Å². The van der Waals surface area contributed by atoms with E-state index in [-0.39, 0.29) is 18.3 Å². The van der Waals surface area contributed by atoms with Crippen molar-refractivity contribution in [2.24, 2.45) is 5.10 Å². The molecular weight excluding hydrogens is 304 g/mol. The highest BCUT2D eigenvalue weighted by Gasteiger charge is 2.02. The number of nitrogens with one attached hydrogen (secondary N) is 1. The van der Waals surface area contributed by atoms with Gasteiger partial charge in [-0.2, -0.15) is 5.10 Å². The third kappa shape index (κ3) is 5.76. The summed E-state index contributed by atoms with van der Waals surface area (Å²) in [4.78, 5) is 11.7. The summed E-state index contributed by atoms with van der Waals surface area (Å²) in [5.41, 5.74) is 4.16. The molecule has 0 spiro atoms. The van der Waals surface area contributed by atoms with E-state index in [1.807, 2.05) is 24.3 Å². The molecule has 0 saturated carbocycles. The number of aromatic hydroxyl groups is 1. The predicted octanol–water partition coefficient (Wildman–Crippen LogP) is 3.26. The molecule has 0 atom stereocenters. The van der Waals surface area contributed by atoms with E-state index in [1.54, 1.807) is 24.3 Å². The molecule has 126 valence electrons. The highest BCUT2D eigenvalue weighted by molar-refractivity contribution is 5.85. The second-order valence-electron chi connectivity index (χ2n) is 5.39. The maximum atomic E-state index is 11.7. The Balaban J connectivity index is 1.76. The van der Waals surface area contributed by atoms with Crippen molar-refractivity contribution in [2.75, 3.05) is 6.61 Å². The molecule has 0 heterocycles. The molecular formula is C19H22N2O3. The van der Waals surface area contributed by atoms with Gasteiger partial charge in [0.15, 0.2) is 6.61 Å². The molecule has 0 fully saturated rings. The van der Waals surface area contributed by atoms with E-state index in [1.165, 1.54) is 18.2 Å². The number of hydrogen-bond acceptors (Lipinski definition) is 4. The maximum absolute atomic E-state index is 11.7. The first kappa shape index (κ1) is 17.5. The van der Waals surface area contributed by atoms with Crippen LogP contribution in [0.4, 0.5) is 0 Å². The van der Waals surface area contributed by atoms with Gasteiger partial charge in [-0.3, -0.25) is 4.79 Å². The summed E-state index contributed by atoms with van der Waals surface area (Å²) in [7, 11) is 0. The van der Waals surface area contributed by atoms with Crippen molar-refractivity contribution in [3.63, 3.8) is 0 Å². The van der Waals surface area contributed by atoms with E-state index in [0.29, 0.717) is 11.3 Å². The van der Waals surface area contributed by atoms with Crippen molar-refractivity contribution in [3.05, 3.63) is 59.7 Å². The van der Waals surface area contributed by atoms with Gasteiger partial charge in [-0.15, -0.1) is 0 Å². The largest absolute Gasteiger partial charge is 0.507 e. The molecule has 1 amide bonds. The van der Waals surface area contributed by atoms with Gasteiger partial charge in [0.25, 0.3) is 5.91 Å². The number of phenols is 1. The van der Waals surface area contributed by atoms with Gasteiger partial charge in [0, 0.05) is 5.56 Å². The number of carbonyl (C=O) groups excluding carboxylic acids is 1. The van der Waals surface area contributed by atoms with Crippen LogP contribution in [-0.2, 0) is 11.2 Å². The Morgan fingerprint density at radius 3 is 2.67 bits per heavy atom. The maximum Gasteiger partial charge on any atom is 0.277 e. The summed E-state index contributed by atoms with van der Waals surface area (Å²) in [6.45, 7) is 2.05. The van der Waals surface area contributed by atoms with Gasteiger partial charge in [0.2, 0.25) is 0 Å². The Labute approximate surface area is 142 Å². The number of carbonyl (C=O) groups is 1. The molecule has 5 nitrogen and oxygen atoms in total. The summed E-state index contributed by atoms with van der Waals surface area (Å²) < 4.78 is 5.42. The van der Waals surface area contributed by atoms with E-state index in [0.717, 1.165) is 12.8 Å². The van der Waals surface area contributed by atoms with Crippen LogP contribution in [0.3, 0.4) is 0 Å². The molecule has 24 heavy (non-hydrogen) atoms. The minimum atomic E-state index is -0.364. The van der Waals surface area contributed by atoms with Gasteiger partial charge < -0.3 is 9.84 Å². The fraction of sp³-hybridized carbons (Fsp3) is 0.263. The lowest BCUT2D eigenvalue weighted by Gasteiger charge is -2.06. The monoisotopic (exact) mass is 326 g/mol. The van der Waals surface area contributed by atoms with Crippen molar-refractivity contribution in [3.8, 4) is 11.5 Å². The first-order valence-electron chi connectivity index (χ1n) is 8.00. The molecule has 2 aromatic rings. The van der Waals surface area contributed by atoms with Crippen molar-refractivity contribution in [1.29, 1.82) is 0 Å². The number of para-hydroxylation sites is 1. The van der Waals surface area contributed by atoms with Gasteiger partial charge in [-0.25, -0.2) is 5.43 Å². The molecule has 0 saturated heterocycles. The number of benzene rings is 2. The van der Waals surface area contributed by atoms with E-state index in [4.69, 9.17) is 4.74 Å². The minimum Gasteiger partial charge on any atom is -0.507 e. The summed E-state index contributed by atoms with van der Waals surface area (Å²) >= 11 is 0. The third-order valence-corrected chi connectivity index (χ3v) is 3.44. The zero-order chi connectivity index (χ0) is 17.2. The Morgan fingerprint density at radius 2 is 1.96 bits per heavy atom. The number of hydrogen-bond donors (Lipinski definition) is 2. The number of aryl methyl sites for hydroxylation is 1. The van der Waals surface area contributed by atoms with E-state index >= 15 is 0 Å². The Hall–Kier alpha value is -2.82. The fourth-order valence-corrected chi connectivity index (χ4v) is 2.08. The summed E-state index contributed by atoms with van der Waals surface area (Å²) in [5.74, 6) is 0.390. The quantitative estimate of drug-likeness (QED) is 0.578. The first-order valence-corrected chi connectivity index (χ1v) is 8.00. The lowest BCUT2D eigenvalue weighted by molar-refractivity contribution is -0.123. The third-order valence-electron chi connectivity index (χ3n) is 3.44. The molecule has 2 aromatic carbocycles. The van der Waals surface area contributed by atoms with Crippen LogP contribution in [0, 0.1) is 0 Å². The lowest BCUT2D eigenvalue weighted by atomic mass is 10.1. The average Bonchev–Trinajstić information content (AvgIpc) is 2.61. The zero-order valence-corrected chi connectivity index (χ0v) is 13.7. The van der Waals surface area contributed by atoms with Gasteiger partial charge in [0.05, 0.1) is 6.21 Å². The number of rotatable bonds is 8. The van der Waals surface area contributed by atoms with Crippen LogP contribution in [0.2, 0.25) is 0 Å². The standard InChI is InChI=1S/C19H22N2O3/c1-2-3-6-15-9-11-17(12-10-15)24-14-19(23)21-20-13-16-7-4-5-8-18(16)22/h4-5,7-13,22H,2-3,6,14H2,1H3,(H,21,23). The van der Waals surface area contributed by atoms with Crippen LogP contribution in [0.1, 0.15) is 30.9 Å². The molecule has 5 heteroatoms. The van der Waals surface area contributed by atoms with Gasteiger partial charge in [0.1, 0.15) is 11.5 Å². The predicted molar refractivity (Wildman–Crippen MR) is 94.4 cm³/mol. The first-order chi connectivity index (χ1) is 11.7. The summed E-state index contributed by atoms with van der Waals surface area (Å²) in [6, 6.07) is 14.5. The topological polar surface area (TPSA) is 70.9 Å². The van der Waals surface area contributed by atoms with Crippen LogP contribution in [-0.4, -0.2) is 23.8 Å². The molecule has 0 radical (unpaired) electrons. The number of unbranched alkanes of at least 4 members (excludes halogenated alkanes) is 1. The van der Waals surface area contributed by atoms with Gasteiger partial charge in [-0.1, -0.05) is 37.6 Å². The number of hydrazone groups is 1.